The second-order valence-corrected chi connectivity index (χ2v) is 8.80. The smallest absolute Gasteiger partial charge is 0.350 e. The van der Waals surface area contributed by atoms with Gasteiger partial charge in [0.2, 0.25) is 0 Å². The summed E-state index contributed by atoms with van der Waals surface area (Å²) in [6, 6.07) is 0. The van der Waals surface area contributed by atoms with Crippen molar-refractivity contribution in [3.8, 4) is 0 Å². The standard InChI is InChI=1S/C21H37O4P/c1-18(2)9-6-10-19(3)11-7-12-20(4)13-8-14-21(5)15-16-25-17-26(22,23)24/h9,11,13,15H,6-8,10,12,14,16-17H2,1-5H3,(H2,22,23,24)/b19-11+,20-13+,21-15+. The van der Waals surface area contributed by atoms with E-state index in [9.17, 15) is 4.57 Å². The van der Waals surface area contributed by atoms with Crippen LogP contribution in [0, 0.1) is 0 Å². The van der Waals surface area contributed by atoms with E-state index in [1.54, 1.807) is 0 Å². The molecule has 0 aliphatic heterocycles. The third kappa shape index (κ3) is 17.9. The molecule has 0 aromatic carbocycles. The van der Waals surface area contributed by atoms with Gasteiger partial charge in [0, 0.05) is 0 Å². The lowest BCUT2D eigenvalue weighted by Gasteiger charge is -2.04. The first kappa shape index (κ1) is 25.1. The Balaban J connectivity index is 3.99. The van der Waals surface area contributed by atoms with Gasteiger partial charge < -0.3 is 14.5 Å². The highest BCUT2D eigenvalue weighted by Crippen LogP contribution is 2.33. The number of ether oxygens (including phenoxy) is 1. The topological polar surface area (TPSA) is 66.8 Å². The van der Waals surface area contributed by atoms with Gasteiger partial charge in [-0.3, -0.25) is 4.57 Å². The molecule has 2 N–H and O–H groups in total. The quantitative estimate of drug-likeness (QED) is 0.223. The Kier molecular flexibility index (Phi) is 13.7. The summed E-state index contributed by atoms with van der Waals surface area (Å²) < 4.78 is 15.6. The highest BCUT2D eigenvalue weighted by atomic mass is 31.2. The van der Waals surface area contributed by atoms with Crippen molar-refractivity contribution in [3.05, 3.63) is 46.6 Å². The summed E-state index contributed by atoms with van der Waals surface area (Å²) >= 11 is 0. The predicted molar refractivity (Wildman–Crippen MR) is 111 cm³/mol. The molecular weight excluding hydrogens is 347 g/mol. The fourth-order valence-electron chi connectivity index (χ4n) is 2.36. The molecule has 150 valence electrons. The molecular formula is C21H37O4P. The fourth-order valence-corrected chi connectivity index (χ4v) is 2.70. The molecule has 0 spiro atoms. The van der Waals surface area contributed by atoms with Crippen LogP contribution in [0.3, 0.4) is 0 Å². The van der Waals surface area contributed by atoms with Gasteiger partial charge in [-0.05, 0) is 73.1 Å². The molecule has 0 radical (unpaired) electrons. The molecule has 0 unspecified atom stereocenters. The Morgan fingerprint density at radius 2 is 1.19 bits per heavy atom. The SMILES string of the molecule is CC(C)=CCC/C(C)=C/CC/C(C)=C/CC/C(C)=C/COCP(=O)(O)O. The summed E-state index contributed by atoms with van der Waals surface area (Å²) in [7, 11) is -4.06. The molecule has 0 saturated heterocycles. The Labute approximate surface area is 159 Å². The molecule has 0 aliphatic rings. The third-order valence-corrected chi connectivity index (χ3v) is 4.48. The number of rotatable bonds is 13. The van der Waals surface area contributed by atoms with E-state index in [2.05, 4.69) is 45.9 Å². The zero-order valence-electron chi connectivity index (χ0n) is 17.1. The van der Waals surface area contributed by atoms with E-state index in [0.29, 0.717) is 0 Å². The Hall–Kier alpha value is -0.930. The van der Waals surface area contributed by atoms with Gasteiger partial charge in [0.1, 0.15) is 6.35 Å². The van der Waals surface area contributed by atoms with Crippen LogP contribution in [0.2, 0.25) is 0 Å². The number of hydrogen-bond acceptors (Lipinski definition) is 2. The molecule has 0 bridgehead atoms. The first-order chi connectivity index (χ1) is 12.1. The molecule has 0 rings (SSSR count). The minimum Gasteiger partial charge on any atom is -0.365 e. The van der Waals surface area contributed by atoms with Crippen LogP contribution in [0.5, 0.6) is 0 Å². The van der Waals surface area contributed by atoms with Gasteiger partial charge in [0.25, 0.3) is 0 Å². The van der Waals surface area contributed by atoms with Gasteiger partial charge >= 0.3 is 7.60 Å². The highest BCUT2D eigenvalue weighted by molar-refractivity contribution is 7.51. The van der Waals surface area contributed by atoms with Crippen molar-refractivity contribution in [2.45, 2.75) is 73.1 Å². The minimum atomic E-state index is -4.06. The van der Waals surface area contributed by atoms with Crippen LogP contribution >= 0.6 is 7.60 Å². The van der Waals surface area contributed by atoms with E-state index in [1.165, 1.54) is 22.3 Å². The fraction of sp³-hybridized carbons (Fsp3) is 0.619. The molecule has 5 heteroatoms. The normalized spacial score (nSPS) is 13.9. The van der Waals surface area contributed by atoms with E-state index in [0.717, 1.165) is 38.5 Å². The first-order valence-corrected chi connectivity index (χ1v) is 11.1. The van der Waals surface area contributed by atoms with Crippen molar-refractivity contribution in [1.29, 1.82) is 0 Å². The van der Waals surface area contributed by atoms with Crippen LogP contribution in [0.4, 0.5) is 0 Å². The van der Waals surface area contributed by atoms with Crippen LogP contribution in [-0.4, -0.2) is 22.7 Å². The molecule has 0 saturated carbocycles. The lowest BCUT2D eigenvalue weighted by Crippen LogP contribution is -1.95. The van der Waals surface area contributed by atoms with Gasteiger partial charge in [-0.2, -0.15) is 0 Å². The largest absolute Gasteiger partial charge is 0.365 e. The van der Waals surface area contributed by atoms with Gasteiger partial charge in [0.05, 0.1) is 6.61 Å². The molecule has 0 fully saturated rings. The maximum atomic E-state index is 10.7. The molecule has 4 nitrogen and oxygen atoms in total. The Morgan fingerprint density at radius 1 is 0.769 bits per heavy atom. The average molecular weight is 384 g/mol. The summed E-state index contributed by atoms with van der Waals surface area (Å²) in [6.07, 6.45) is 14.7. The van der Waals surface area contributed by atoms with Crippen LogP contribution in [0.1, 0.15) is 73.1 Å². The molecule has 0 aromatic heterocycles. The van der Waals surface area contributed by atoms with Crippen molar-refractivity contribution in [2.75, 3.05) is 13.0 Å². The van der Waals surface area contributed by atoms with Crippen LogP contribution in [0.25, 0.3) is 0 Å². The van der Waals surface area contributed by atoms with Crippen molar-refractivity contribution in [2.24, 2.45) is 0 Å². The molecule has 0 aromatic rings. The highest BCUT2D eigenvalue weighted by Gasteiger charge is 2.11. The van der Waals surface area contributed by atoms with Crippen molar-refractivity contribution < 1.29 is 19.1 Å². The van der Waals surface area contributed by atoms with Crippen LogP contribution in [0.15, 0.2) is 46.6 Å². The van der Waals surface area contributed by atoms with Crippen LogP contribution in [-0.2, 0) is 9.30 Å². The summed E-state index contributed by atoms with van der Waals surface area (Å²) in [4.78, 5) is 17.4. The third-order valence-electron chi connectivity index (χ3n) is 3.96. The van der Waals surface area contributed by atoms with Gasteiger partial charge in [0.15, 0.2) is 0 Å². The van der Waals surface area contributed by atoms with E-state index in [1.807, 2.05) is 13.0 Å². The zero-order chi connectivity index (χ0) is 20.0. The molecule has 0 aliphatic carbocycles. The van der Waals surface area contributed by atoms with E-state index in [4.69, 9.17) is 14.5 Å². The Bertz CT molecular complexity index is 561. The number of hydrogen-bond donors (Lipinski definition) is 2. The van der Waals surface area contributed by atoms with Crippen molar-refractivity contribution in [1.82, 2.24) is 0 Å². The second-order valence-electron chi connectivity index (χ2n) is 7.21. The van der Waals surface area contributed by atoms with E-state index >= 15 is 0 Å². The predicted octanol–water partition coefficient (Wildman–Crippen LogP) is 6.28. The maximum absolute atomic E-state index is 10.7. The molecule has 0 heterocycles. The van der Waals surface area contributed by atoms with Gasteiger partial charge in [-0.15, -0.1) is 0 Å². The van der Waals surface area contributed by atoms with E-state index < -0.39 is 13.9 Å². The second kappa shape index (κ2) is 14.2. The summed E-state index contributed by atoms with van der Waals surface area (Å²) in [6.45, 7) is 10.9. The lowest BCUT2D eigenvalue weighted by molar-refractivity contribution is 0.184. The van der Waals surface area contributed by atoms with Crippen molar-refractivity contribution in [3.63, 3.8) is 0 Å². The molecule has 0 amide bonds. The summed E-state index contributed by atoms with van der Waals surface area (Å²) in [5, 5.41) is 0. The lowest BCUT2D eigenvalue weighted by atomic mass is 10.0. The molecule has 0 atom stereocenters. The van der Waals surface area contributed by atoms with E-state index in [-0.39, 0.29) is 6.61 Å². The Morgan fingerprint density at radius 3 is 1.62 bits per heavy atom. The summed E-state index contributed by atoms with van der Waals surface area (Å²) in [5.41, 5.74) is 5.43. The van der Waals surface area contributed by atoms with Crippen molar-refractivity contribution >= 4 is 7.60 Å². The number of allylic oxidation sites excluding steroid dienone is 7. The van der Waals surface area contributed by atoms with Gasteiger partial charge in [-0.25, -0.2) is 0 Å². The molecule has 26 heavy (non-hydrogen) atoms. The maximum Gasteiger partial charge on any atom is 0.350 e. The first-order valence-electron chi connectivity index (χ1n) is 9.32. The van der Waals surface area contributed by atoms with Gasteiger partial charge in [-0.1, -0.05) is 46.6 Å². The average Bonchev–Trinajstić information content (AvgIpc) is 2.50. The summed E-state index contributed by atoms with van der Waals surface area (Å²) in [5.74, 6) is 0. The van der Waals surface area contributed by atoms with Crippen LogP contribution < -0.4 is 0 Å². The zero-order valence-corrected chi connectivity index (χ0v) is 18.0. The minimum absolute atomic E-state index is 0.246. The monoisotopic (exact) mass is 384 g/mol.